The molecule has 1 atom stereocenters. The molecule has 1 aliphatic rings. The number of pyridine rings is 1. The predicted molar refractivity (Wildman–Crippen MR) is 108 cm³/mol. The number of anilines is 1. The van der Waals surface area contributed by atoms with Crippen LogP contribution in [0.15, 0.2) is 53.4 Å². The number of nitrogens with one attached hydrogen (secondary N) is 2. The number of aryl methyl sites for hydroxylation is 1. The van der Waals surface area contributed by atoms with Crippen LogP contribution < -0.4 is 10.8 Å². The van der Waals surface area contributed by atoms with Crippen molar-refractivity contribution in [1.29, 1.82) is 0 Å². The summed E-state index contributed by atoms with van der Waals surface area (Å²) in [5, 5.41) is 4.24. The highest BCUT2D eigenvalue weighted by molar-refractivity contribution is 6.11. The van der Waals surface area contributed by atoms with E-state index in [1.807, 2.05) is 37.6 Å². The molecule has 3 rings (SSSR count). The van der Waals surface area contributed by atoms with Gasteiger partial charge in [-0.15, -0.1) is 0 Å². The normalized spacial score (nSPS) is 18.4. The van der Waals surface area contributed by atoms with Gasteiger partial charge in [-0.3, -0.25) is 9.63 Å². The highest BCUT2D eigenvalue weighted by atomic mass is 16.6. The Morgan fingerprint density at radius 2 is 2.22 bits per heavy atom. The van der Waals surface area contributed by atoms with Gasteiger partial charge in [0.15, 0.2) is 0 Å². The number of carbonyl (C=O) groups is 1. The molecule has 2 heterocycles. The topological polar surface area (TPSA) is 68.2 Å². The quantitative estimate of drug-likeness (QED) is 0.782. The Morgan fingerprint density at radius 3 is 2.93 bits per heavy atom. The Balaban J connectivity index is 2.08. The van der Waals surface area contributed by atoms with Crippen LogP contribution in [0.3, 0.4) is 0 Å². The van der Waals surface area contributed by atoms with Gasteiger partial charge in [0.1, 0.15) is 11.5 Å². The molecule has 142 valence electrons. The first-order chi connectivity index (χ1) is 13.0. The maximum absolute atomic E-state index is 12.8. The van der Waals surface area contributed by atoms with Gasteiger partial charge in [-0.05, 0) is 44.1 Å². The lowest BCUT2D eigenvalue weighted by molar-refractivity contribution is 0.0367. The Hall–Kier alpha value is -2.86. The van der Waals surface area contributed by atoms with E-state index in [9.17, 15) is 4.79 Å². The minimum Gasteiger partial charge on any atom is -0.341 e. The first-order valence-electron chi connectivity index (χ1n) is 9.17. The van der Waals surface area contributed by atoms with Crippen LogP contribution in [-0.2, 0) is 11.9 Å². The van der Waals surface area contributed by atoms with E-state index in [0.29, 0.717) is 23.9 Å². The molecule has 27 heavy (non-hydrogen) atoms. The van der Waals surface area contributed by atoms with Crippen LogP contribution in [0.5, 0.6) is 0 Å². The van der Waals surface area contributed by atoms with Crippen molar-refractivity contribution in [2.24, 2.45) is 13.0 Å². The molecule has 2 aromatic rings. The van der Waals surface area contributed by atoms with E-state index in [4.69, 9.17) is 4.84 Å². The van der Waals surface area contributed by atoms with Crippen molar-refractivity contribution in [1.82, 2.24) is 15.0 Å². The average molecular weight is 366 g/mol. The minimum absolute atomic E-state index is 0.293. The summed E-state index contributed by atoms with van der Waals surface area (Å²) >= 11 is 0. The molecule has 0 saturated heterocycles. The van der Waals surface area contributed by atoms with Crippen LogP contribution in [0.25, 0.3) is 11.0 Å². The SMILES string of the molecule is C/C=C1/C=C(C)C(Nc2c(C(=O)NOCC)c3cccnc3n2C)=CC1C. The van der Waals surface area contributed by atoms with E-state index in [1.165, 1.54) is 5.57 Å². The van der Waals surface area contributed by atoms with E-state index in [2.05, 4.69) is 47.9 Å². The number of hydroxylamine groups is 1. The second-order valence-corrected chi connectivity index (χ2v) is 6.63. The summed E-state index contributed by atoms with van der Waals surface area (Å²) in [4.78, 5) is 22.3. The average Bonchev–Trinajstić information content (AvgIpc) is 2.94. The van der Waals surface area contributed by atoms with E-state index in [1.54, 1.807) is 6.20 Å². The highest BCUT2D eigenvalue weighted by Gasteiger charge is 2.24. The number of fused-ring (bicyclic) bond motifs is 1. The van der Waals surface area contributed by atoms with Gasteiger partial charge in [-0.1, -0.05) is 25.2 Å². The molecule has 2 N–H and O–H groups in total. The van der Waals surface area contributed by atoms with Crippen LogP contribution in [0.1, 0.15) is 38.1 Å². The third-order valence-electron chi connectivity index (χ3n) is 4.82. The Morgan fingerprint density at radius 1 is 1.44 bits per heavy atom. The molecule has 0 saturated carbocycles. The van der Waals surface area contributed by atoms with Crippen molar-refractivity contribution < 1.29 is 9.63 Å². The Kier molecular flexibility index (Phi) is 5.46. The largest absolute Gasteiger partial charge is 0.341 e. The van der Waals surface area contributed by atoms with Crippen molar-refractivity contribution in [2.75, 3.05) is 11.9 Å². The zero-order valence-corrected chi connectivity index (χ0v) is 16.5. The van der Waals surface area contributed by atoms with Crippen molar-refractivity contribution in [3.8, 4) is 0 Å². The summed E-state index contributed by atoms with van der Waals surface area (Å²) in [6.45, 7) is 8.49. The lowest BCUT2D eigenvalue weighted by Gasteiger charge is -2.22. The van der Waals surface area contributed by atoms with Crippen molar-refractivity contribution in [3.05, 3.63) is 59.0 Å². The second-order valence-electron chi connectivity index (χ2n) is 6.63. The van der Waals surface area contributed by atoms with Gasteiger partial charge < -0.3 is 9.88 Å². The van der Waals surface area contributed by atoms with E-state index >= 15 is 0 Å². The second kappa shape index (κ2) is 7.80. The molecule has 0 radical (unpaired) electrons. The zero-order valence-electron chi connectivity index (χ0n) is 16.5. The number of carbonyl (C=O) groups excluding carboxylic acids is 1. The number of nitrogens with zero attached hydrogens (tertiary/aromatic N) is 2. The summed E-state index contributed by atoms with van der Waals surface area (Å²) in [5.41, 5.74) is 7.16. The van der Waals surface area contributed by atoms with Crippen molar-refractivity contribution in [2.45, 2.75) is 27.7 Å². The predicted octanol–water partition coefficient (Wildman–Crippen LogP) is 4.09. The number of allylic oxidation sites excluding steroid dienone is 5. The molecule has 1 unspecified atom stereocenters. The van der Waals surface area contributed by atoms with E-state index < -0.39 is 0 Å². The van der Waals surface area contributed by atoms with Gasteiger partial charge in [0.05, 0.1) is 12.2 Å². The molecule has 0 aromatic carbocycles. The molecular formula is C21H26N4O2. The first-order valence-corrected chi connectivity index (χ1v) is 9.17. The standard InChI is InChI=1S/C21H26N4O2/c1-6-15-11-14(4)17(12-13(15)3)23-20-18(21(26)24-27-7-2)16-9-8-10-22-19(16)25(20)5/h6,8-13,23H,7H2,1-5H3,(H,24,26)/b15-6-. The molecule has 1 amide bonds. The Labute approximate surface area is 159 Å². The highest BCUT2D eigenvalue weighted by Crippen LogP contribution is 2.33. The van der Waals surface area contributed by atoms with Crippen molar-refractivity contribution in [3.63, 3.8) is 0 Å². The molecule has 0 bridgehead atoms. The van der Waals surface area contributed by atoms with E-state index in [0.717, 1.165) is 22.3 Å². The Bertz CT molecular complexity index is 966. The number of aromatic nitrogens is 2. The minimum atomic E-state index is -0.293. The summed E-state index contributed by atoms with van der Waals surface area (Å²) in [5.74, 6) is 0.698. The molecule has 1 aliphatic carbocycles. The van der Waals surface area contributed by atoms with Crippen molar-refractivity contribution >= 4 is 22.8 Å². The van der Waals surface area contributed by atoms with Crippen LogP contribution in [0.2, 0.25) is 0 Å². The van der Waals surface area contributed by atoms with Gasteiger partial charge in [0.25, 0.3) is 5.91 Å². The third-order valence-corrected chi connectivity index (χ3v) is 4.82. The number of amides is 1. The van der Waals surface area contributed by atoms with Gasteiger partial charge in [-0.25, -0.2) is 10.5 Å². The van der Waals surface area contributed by atoms with Crippen LogP contribution in [0, 0.1) is 5.92 Å². The maximum Gasteiger partial charge on any atom is 0.279 e. The smallest absolute Gasteiger partial charge is 0.279 e. The molecular weight excluding hydrogens is 340 g/mol. The molecule has 0 aliphatic heterocycles. The zero-order chi connectivity index (χ0) is 19.6. The summed E-state index contributed by atoms with van der Waals surface area (Å²) in [6, 6.07) is 3.72. The molecule has 6 heteroatoms. The van der Waals surface area contributed by atoms with Gasteiger partial charge >= 0.3 is 0 Å². The van der Waals surface area contributed by atoms with Gasteiger partial charge in [0.2, 0.25) is 0 Å². The molecule has 0 fully saturated rings. The van der Waals surface area contributed by atoms with Crippen LogP contribution in [0.4, 0.5) is 5.82 Å². The molecule has 2 aromatic heterocycles. The summed E-state index contributed by atoms with van der Waals surface area (Å²) in [7, 11) is 1.90. The fourth-order valence-corrected chi connectivity index (χ4v) is 3.38. The third kappa shape index (κ3) is 3.53. The van der Waals surface area contributed by atoms with Gasteiger partial charge in [0, 0.05) is 30.2 Å². The molecule has 6 nitrogen and oxygen atoms in total. The van der Waals surface area contributed by atoms with E-state index in [-0.39, 0.29) is 5.91 Å². The fraction of sp³-hybridized carbons (Fsp3) is 0.333. The fourth-order valence-electron chi connectivity index (χ4n) is 3.38. The monoisotopic (exact) mass is 366 g/mol. The van der Waals surface area contributed by atoms with Crippen LogP contribution >= 0.6 is 0 Å². The first kappa shape index (κ1) is 18.9. The number of rotatable bonds is 5. The lowest BCUT2D eigenvalue weighted by atomic mass is 9.91. The van der Waals surface area contributed by atoms with Gasteiger partial charge in [-0.2, -0.15) is 0 Å². The molecule has 0 spiro atoms. The lowest BCUT2D eigenvalue weighted by Crippen LogP contribution is -2.25. The number of hydrogen-bond donors (Lipinski definition) is 2. The maximum atomic E-state index is 12.8. The van der Waals surface area contributed by atoms with Crippen LogP contribution in [-0.4, -0.2) is 22.1 Å². The summed E-state index contributed by atoms with van der Waals surface area (Å²) < 4.78 is 1.90. The number of hydrogen-bond acceptors (Lipinski definition) is 4. The summed E-state index contributed by atoms with van der Waals surface area (Å²) in [6.07, 6.45) is 8.21.